The van der Waals surface area contributed by atoms with Gasteiger partial charge in [-0.05, 0) is 29.4 Å². The van der Waals surface area contributed by atoms with E-state index in [9.17, 15) is 14.4 Å². The summed E-state index contributed by atoms with van der Waals surface area (Å²) < 4.78 is 10.6. The van der Waals surface area contributed by atoms with Crippen LogP contribution in [0.1, 0.15) is 44.7 Å². The van der Waals surface area contributed by atoms with Crippen LogP contribution in [0.4, 0.5) is 4.79 Å². The van der Waals surface area contributed by atoms with E-state index in [0.717, 1.165) is 17.5 Å². The standard InChI is InChI=1S/C26H33NO5S/c1-19(2)14-20(3)18-33-24(28)15-23(25(29)31-16-21-10-6-4-7-11-21)27-26(30)32-17-22-12-8-5-9-13-22/h4-13,19-20,23H,14-18H2,1-3H3,(H,27,30)/t20?,23-/m0/s1. The lowest BCUT2D eigenvalue weighted by Gasteiger charge is -2.18. The summed E-state index contributed by atoms with van der Waals surface area (Å²) in [4.78, 5) is 37.6. The number of carbonyl (C=O) groups is 3. The Morgan fingerprint density at radius 2 is 1.39 bits per heavy atom. The molecule has 0 aliphatic carbocycles. The lowest BCUT2D eigenvalue weighted by molar-refractivity contribution is -0.148. The van der Waals surface area contributed by atoms with Gasteiger partial charge in [0.2, 0.25) is 0 Å². The van der Waals surface area contributed by atoms with Crippen molar-refractivity contribution in [3.63, 3.8) is 0 Å². The number of hydrogen-bond donors (Lipinski definition) is 1. The summed E-state index contributed by atoms with van der Waals surface area (Å²) in [6, 6.07) is 17.3. The largest absolute Gasteiger partial charge is 0.459 e. The molecule has 1 unspecified atom stereocenters. The first-order chi connectivity index (χ1) is 15.8. The van der Waals surface area contributed by atoms with Crippen LogP contribution in [-0.2, 0) is 32.3 Å². The first-order valence-electron chi connectivity index (χ1n) is 11.2. The lowest BCUT2D eigenvalue weighted by atomic mass is 10.0. The highest BCUT2D eigenvalue weighted by molar-refractivity contribution is 8.13. The lowest BCUT2D eigenvalue weighted by Crippen LogP contribution is -2.43. The summed E-state index contributed by atoms with van der Waals surface area (Å²) >= 11 is 1.19. The number of esters is 1. The molecule has 1 amide bonds. The first kappa shape index (κ1) is 26.5. The third-order valence-corrected chi connectivity index (χ3v) is 6.01. The number of thioether (sulfide) groups is 1. The highest BCUT2D eigenvalue weighted by Gasteiger charge is 2.26. The molecule has 0 saturated heterocycles. The molecule has 2 atom stereocenters. The predicted octanol–water partition coefficient (Wildman–Crippen LogP) is 5.36. The maximum atomic E-state index is 12.7. The van der Waals surface area contributed by atoms with E-state index in [1.807, 2.05) is 60.7 Å². The molecule has 2 rings (SSSR count). The van der Waals surface area contributed by atoms with Crippen LogP contribution in [0.5, 0.6) is 0 Å². The van der Waals surface area contributed by atoms with Gasteiger partial charge >= 0.3 is 12.1 Å². The van der Waals surface area contributed by atoms with E-state index in [0.29, 0.717) is 17.6 Å². The van der Waals surface area contributed by atoms with Crippen molar-refractivity contribution < 1.29 is 23.9 Å². The van der Waals surface area contributed by atoms with E-state index in [1.165, 1.54) is 11.8 Å². The van der Waals surface area contributed by atoms with Crippen molar-refractivity contribution in [3.05, 3.63) is 71.8 Å². The van der Waals surface area contributed by atoms with E-state index in [-0.39, 0.29) is 24.7 Å². The number of rotatable bonds is 12. The van der Waals surface area contributed by atoms with Crippen molar-refractivity contribution in [2.75, 3.05) is 5.75 Å². The Morgan fingerprint density at radius 3 is 1.94 bits per heavy atom. The molecule has 0 bridgehead atoms. The average molecular weight is 472 g/mol. The van der Waals surface area contributed by atoms with Crippen LogP contribution in [0.3, 0.4) is 0 Å². The van der Waals surface area contributed by atoms with Gasteiger partial charge in [-0.1, -0.05) is 93.2 Å². The summed E-state index contributed by atoms with van der Waals surface area (Å²) in [6.07, 6.45) is 0.0894. The van der Waals surface area contributed by atoms with E-state index in [1.54, 1.807) is 0 Å². The Labute approximate surface area is 200 Å². The monoisotopic (exact) mass is 471 g/mol. The fraction of sp³-hybridized carbons (Fsp3) is 0.423. The van der Waals surface area contributed by atoms with Gasteiger partial charge in [0.15, 0.2) is 5.12 Å². The van der Waals surface area contributed by atoms with Crippen molar-refractivity contribution >= 4 is 28.9 Å². The van der Waals surface area contributed by atoms with Crippen LogP contribution in [0.25, 0.3) is 0 Å². The van der Waals surface area contributed by atoms with Crippen LogP contribution >= 0.6 is 11.8 Å². The predicted molar refractivity (Wildman–Crippen MR) is 130 cm³/mol. The fourth-order valence-corrected chi connectivity index (χ4v) is 4.15. The number of amides is 1. The molecule has 0 aliphatic heterocycles. The quantitative estimate of drug-likeness (QED) is 0.420. The Balaban J connectivity index is 1.93. The van der Waals surface area contributed by atoms with Crippen LogP contribution in [-0.4, -0.2) is 29.0 Å². The second-order valence-electron chi connectivity index (χ2n) is 8.47. The zero-order chi connectivity index (χ0) is 24.1. The molecule has 0 fully saturated rings. The molecule has 7 heteroatoms. The SMILES string of the molecule is CC(C)CC(C)CSC(=O)C[C@H](NC(=O)OCc1ccccc1)C(=O)OCc1ccccc1. The Kier molecular flexibility index (Phi) is 11.5. The summed E-state index contributed by atoms with van der Waals surface area (Å²) in [6.45, 7) is 6.52. The molecule has 2 aromatic rings. The maximum Gasteiger partial charge on any atom is 0.408 e. The number of carbonyl (C=O) groups excluding carboxylic acids is 3. The molecule has 2 aromatic carbocycles. The van der Waals surface area contributed by atoms with Gasteiger partial charge in [0, 0.05) is 12.2 Å². The van der Waals surface area contributed by atoms with E-state index in [4.69, 9.17) is 9.47 Å². The molecule has 1 N–H and O–H groups in total. The molecule has 33 heavy (non-hydrogen) atoms. The number of benzene rings is 2. The molecular formula is C26H33NO5S. The van der Waals surface area contributed by atoms with Crippen molar-refractivity contribution in [1.82, 2.24) is 5.32 Å². The third-order valence-electron chi connectivity index (χ3n) is 4.79. The zero-order valence-electron chi connectivity index (χ0n) is 19.5. The Morgan fingerprint density at radius 1 is 0.848 bits per heavy atom. The van der Waals surface area contributed by atoms with Crippen molar-refractivity contribution in [2.45, 2.75) is 52.9 Å². The van der Waals surface area contributed by atoms with Crippen molar-refractivity contribution in [2.24, 2.45) is 11.8 Å². The molecular weight excluding hydrogens is 438 g/mol. The van der Waals surface area contributed by atoms with Crippen molar-refractivity contribution in [1.29, 1.82) is 0 Å². The minimum atomic E-state index is -1.11. The molecule has 6 nitrogen and oxygen atoms in total. The Hall–Kier alpha value is -2.80. The van der Waals surface area contributed by atoms with Gasteiger partial charge in [0.05, 0.1) is 0 Å². The van der Waals surface area contributed by atoms with E-state index in [2.05, 4.69) is 26.1 Å². The minimum absolute atomic E-state index is 0.0592. The Bertz CT molecular complexity index is 873. The molecule has 0 aromatic heterocycles. The number of hydrogen-bond acceptors (Lipinski definition) is 6. The van der Waals surface area contributed by atoms with Crippen molar-refractivity contribution in [3.8, 4) is 0 Å². The minimum Gasteiger partial charge on any atom is -0.459 e. The normalized spacial score (nSPS) is 12.6. The van der Waals surface area contributed by atoms with Crippen LogP contribution in [0.2, 0.25) is 0 Å². The molecule has 0 heterocycles. The average Bonchev–Trinajstić information content (AvgIpc) is 2.80. The second kappa shape index (κ2) is 14.4. The maximum absolute atomic E-state index is 12.7. The van der Waals surface area contributed by atoms with Gasteiger partial charge in [0.1, 0.15) is 19.3 Å². The molecule has 178 valence electrons. The van der Waals surface area contributed by atoms with Gasteiger partial charge < -0.3 is 14.8 Å². The molecule has 0 radical (unpaired) electrons. The van der Waals surface area contributed by atoms with Gasteiger partial charge in [-0.15, -0.1) is 0 Å². The molecule has 0 aliphatic rings. The number of ether oxygens (including phenoxy) is 2. The summed E-state index contributed by atoms with van der Waals surface area (Å²) in [7, 11) is 0. The summed E-state index contributed by atoms with van der Waals surface area (Å²) in [5.74, 6) is 0.935. The first-order valence-corrected chi connectivity index (χ1v) is 12.2. The number of alkyl carbamates (subject to hydrolysis) is 1. The molecule has 0 saturated carbocycles. The fourth-order valence-electron chi connectivity index (χ4n) is 3.26. The smallest absolute Gasteiger partial charge is 0.408 e. The van der Waals surface area contributed by atoms with Gasteiger partial charge in [-0.25, -0.2) is 9.59 Å². The zero-order valence-corrected chi connectivity index (χ0v) is 20.3. The van der Waals surface area contributed by atoms with Crippen LogP contribution in [0.15, 0.2) is 60.7 Å². The van der Waals surface area contributed by atoms with Crippen LogP contribution in [0, 0.1) is 11.8 Å². The summed E-state index contributed by atoms with van der Waals surface area (Å²) in [5, 5.41) is 2.33. The van der Waals surface area contributed by atoms with E-state index < -0.39 is 18.1 Å². The topological polar surface area (TPSA) is 81.7 Å². The number of nitrogens with one attached hydrogen (secondary N) is 1. The highest BCUT2D eigenvalue weighted by Crippen LogP contribution is 2.19. The van der Waals surface area contributed by atoms with E-state index >= 15 is 0 Å². The second-order valence-corrected chi connectivity index (χ2v) is 9.55. The van der Waals surface area contributed by atoms with Gasteiger partial charge in [0.25, 0.3) is 0 Å². The molecule has 0 spiro atoms. The van der Waals surface area contributed by atoms with Gasteiger partial charge in [-0.3, -0.25) is 4.79 Å². The van der Waals surface area contributed by atoms with Crippen LogP contribution < -0.4 is 5.32 Å². The van der Waals surface area contributed by atoms with Gasteiger partial charge in [-0.2, -0.15) is 0 Å². The summed E-state index contributed by atoms with van der Waals surface area (Å²) in [5.41, 5.74) is 1.64. The third kappa shape index (κ3) is 11.1. The highest BCUT2D eigenvalue weighted by atomic mass is 32.2.